The molecule has 10 nitrogen and oxygen atoms in total. The lowest BCUT2D eigenvalue weighted by molar-refractivity contribution is 0.0593. The van der Waals surface area contributed by atoms with Crippen molar-refractivity contribution in [3.63, 3.8) is 0 Å². The Balaban J connectivity index is 1.32. The number of halogens is 1. The standard InChI is InChI=1S/C20H17ClN6O4S/c1-29-19(28)18-8-9-26(25-18)13-32-20-24-22-12-27(20)23-10-16-6-7-17(31-16)11-30-15-4-2-14(21)3-5-15/h2-10,12H,11,13H2,1H3/b23-10+. The molecule has 164 valence electrons. The van der Waals surface area contributed by atoms with Crippen LogP contribution in [0.25, 0.3) is 0 Å². The third-order valence-corrected chi connectivity index (χ3v) is 5.22. The van der Waals surface area contributed by atoms with Crippen LogP contribution in [0, 0.1) is 0 Å². The summed E-state index contributed by atoms with van der Waals surface area (Å²) >= 11 is 7.22. The van der Waals surface area contributed by atoms with Crippen molar-refractivity contribution in [3.8, 4) is 5.75 Å². The first kappa shape index (κ1) is 21.7. The summed E-state index contributed by atoms with van der Waals surface area (Å²) < 4.78 is 19.1. The summed E-state index contributed by atoms with van der Waals surface area (Å²) in [5, 5.41) is 17.6. The van der Waals surface area contributed by atoms with E-state index in [2.05, 4.69) is 25.1 Å². The first-order chi connectivity index (χ1) is 15.6. The summed E-state index contributed by atoms with van der Waals surface area (Å²) in [6.07, 6.45) is 4.72. The van der Waals surface area contributed by atoms with Crippen LogP contribution in [0.15, 0.2) is 69.7 Å². The summed E-state index contributed by atoms with van der Waals surface area (Å²) in [6.45, 7) is 0.278. The molecule has 0 saturated carbocycles. The van der Waals surface area contributed by atoms with Crippen molar-refractivity contribution < 1.29 is 18.7 Å². The SMILES string of the molecule is COC(=O)c1ccn(CSc2nncn2/N=C/c2ccc(COc3ccc(Cl)cc3)o2)n1. The van der Waals surface area contributed by atoms with Crippen LogP contribution in [0.5, 0.6) is 5.75 Å². The normalized spacial score (nSPS) is 11.2. The monoisotopic (exact) mass is 472 g/mol. The van der Waals surface area contributed by atoms with Crippen LogP contribution in [0.1, 0.15) is 22.0 Å². The van der Waals surface area contributed by atoms with Gasteiger partial charge < -0.3 is 13.9 Å². The van der Waals surface area contributed by atoms with Gasteiger partial charge in [-0.15, -0.1) is 10.2 Å². The van der Waals surface area contributed by atoms with Gasteiger partial charge in [-0.3, -0.25) is 4.68 Å². The Labute approximate surface area is 191 Å². The van der Waals surface area contributed by atoms with Gasteiger partial charge in [0.05, 0.1) is 19.2 Å². The number of furan rings is 1. The fourth-order valence-corrected chi connectivity index (χ4v) is 3.36. The Morgan fingerprint density at radius 3 is 2.91 bits per heavy atom. The van der Waals surface area contributed by atoms with Gasteiger partial charge in [-0.2, -0.15) is 14.9 Å². The van der Waals surface area contributed by atoms with E-state index in [4.69, 9.17) is 20.8 Å². The second kappa shape index (κ2) is 10.2. The Bertz CT molecular complexity index is 1220. The molecule has 0 unspecified atom stereocenters. The molecule has 0 aliphatic heterocycles. The zero-order valence-corrected chi connectivity index (χ0v) is 18.4. The van der Waals surface area contributed by atoms with Gasteiger partial charge in [0.25, 0.3) is 0 Å². The second-order valence-electron chi connectivity index (χ2n) is 6.25. The van der Waals surface area contributed by atoms with Gasteiger partial charge in [0, 0.05) is 11.2 Å². The lowest BCUT2D eigenvalue weighted by Gasteiger charge is -2.03. The molecule has 4 aromatic rings. The highest BCUT2D eigenvalue weighted by atomic mass is 35.5. The molecule has 0 amide bonds. The number of carbonyl (C=O) groups excluding carboxylic acids is 1. The molecular weight excluding hydrogens is 456 g/mol. The Morgan fingerprint density at radius 1 is 1.25 bits per heavy atom. The average Bonchev–Trinajstić information content (AvgIpc) is 3.56. The Kier molecular flexibility index (Phi) is 6.87. The Morgan fingerprint density at radius 2 is 2.09 bits per heavy atom. The van der Waals surface area contributed by atoms with E-state index < -0.39 is 5.97 Å². The quantitative estimate of drug-likeness (QED) is 0.206. The largest absolute Gasteiger partial charge is 0.486 e. The maximum atomic E-state index is 11.5. The van der Waals surface area contributed by atoms with Crippen molar-refractivity contribution in [3.05, 3.63) is 77.2 Å². The molecule has 0 bridgehead atoms. The van der Waals surface area contributed by atoms with E-state index in [1.807, 2.05) is 6.07 Å². The third-order valence-electron chi connectivity index (χ3n) is 4.05. The number of nitrogens with zero attached hydrogens (tertiary/aromatic N) is 6. The molecule has 4 rings (SSSR count). The highest BCUT2D eigenvalue weighted by Gasteiger charge is 2.10. The molecule has 0 aliphatic rings. The molecule has 0 spiro atoms. The van der Waals surface area contributed by atoms with Crippen molar-refractivity contribution in [2.24, 2.45) is 5.10 Å². The lowest BCUT2D eigenvalue weighted by atomic mass is 10.3. The summed E-state index contributed by atoms with van der Waals surface area (Å²) in [6, 6.07) is 12.3. The van der Waals surface area contributed by atoms with Gasteiger partial charge >= 0.3 is 5.97 Å². The number of hydrogen-bond donors (Lipinski definition) is 0. The van der Waals surface area contributed by atoms with Crippen LogP contribution in [-0.2, 0) is 17.2 Å². The van der Waals surface area contributed by atoms with E-state index in [1.54, 1.807) is 53.5 Å². The Hall–Kier alpha value is -3.57. The molecule has 0 atom stereocenters. The van der Waals surface area contributed by atoms with Crippen molar-refractivity contribution in [1.29, 1.82) is 0 Å². The topological polar surface area (TPSA) is 110 Å². The van der Waals surface area contributed by atoms with Gasteiger partial charge in [0.15, 0.2) is 5.69 Å². The number of rotatable bonds is 9. The second-order valence-corrected chi connectivity index (χ2v) is 7.60. The average molecular weight is 473 g/mol. The lowest BCUT2D eigenvalue weighted by Crippen LogP contribution is -2.04. The van der Waals surface area contributed by atoms with Crippen LogP contribution >= 0.6 is 23.4 Å². The smallest absolute Gasteiger partial charge is 0.358 e. The minimum absolute atomic E-state index is 0.237. The van der Waals surface area contributed by atoms with Crippen molar-refractivity contribution >= 4 is 35.5 Å². The number of methoxy groups -OCH3 is 1. The first-order valence-electron chi connectivity index (χ1n) is 9.27. The van der Waals surface area contributed by atoms with Crippen LogP contribution in [0.3, 0.4) is 0 Å². The summed E-state index contributed by atoms with van der Waals surface area (Å²) in [7, 11) is 1.31. The van der Waals surface area contributed by atoms with E-state index >= 15 is 0 Å². The number of carbonyl (C=O) groups is 1. The fourth-order valence-electron chi connectivity index (χ4n) is 2.51. The van der Waals surface area contributed by atoms with Crippen molar-refractivity contribution in [2.75, 3.05) is 7.11 Å². The number of benzene rings is 1. The zero-order chi connectivity index (χ0) is 22.3. The first-order valence-corrected chi connectivity index (χ1v) is 10.6. The summed E-state index contributed by atoms with van der Waals surface area (Å²) in [5.41, 5.74) is 0.237. The maximum Gasteiger partial charge on any atom is 0.358 e. The van der Waals surface area contributed by atoms with Crippen LogP contribution in [0.2, 0.25) is 5.02 Å². The van der Waals surface area contributed by atoms with Gasteiger partial charge in [-0.1, -0.05) is 23.4 Å². The van der Waals surface area contributed by atoms with Crippen LogP contribution < -0.4 is 4.74 Å². The highest BCUT2D eigenvalue weighted by molar-refractivity contribution is 7.98. The van der Waals surface area contributed by atoms with Gasteiger partial charge in [0.2, 0.25) is 5.16 Å². The van der Waals surface area contributed by atoms with Crippen molar-refractivity contribution in [2.45, 2.75) is 17.6 Å². The van der Waals surface area contributed by atoms with Crippen molar-refractivity contribution in [1.82, 2.24) is 24.7 Å². The van der Waals surface area contributed by atoms with Crippen LogP contribution in [-0.4, -0.2) is 43.9 Å². The van der Waals surface area contributed by atoms with Gasteiger partial charge in [-0.05, 0) is 42.5 Å². The molecule has 0 radical (unpaired) electrons. The zero-order valence-electron chi connectivity index (χ0n) is 16.8. The maximum absolute atomic E-state index is 11.5. The molecule has 1 aromatic carbocycles. The molecular formula is C20H17ClN6O4S. The number of hydrogen-bond acceptors (Lipinski definition) is 9. The van der Waals surface area contributed by atoms with E-state index in [9.17, 15) is 4.79 Å². The molecule has 3 heterocycles. The molecule has 12 heteroatoms. The third kappa shape index (κ3) is 5.56. The van der Waals surface area contributed by atoms with Gasteiger partial charge in [-0.25, -0.2) is 4.79 Å². The highest BCUT2D eigenvalue weighted by Crippen LogP contribution is 2.19. The molecule has 0 aliphatic carbocycles. The van der Waals surface area contributed by atoms with E-state index in [-0.39, 0.29) is 12.3 Å². The number of esters is 1. The molecule has 0 saturated heterocycles. The fraction of sp³-hybridized carbons (Fsp3) is 0.150. The van der Waals surface area contributed by atoms with Crippen LogP contribution in [0.4, 0.5) is 0 Å². The molecule has 3 aromatic heterocycles. The van der Waals surface area contributed by atoms with E-state index in [0.717, 1.165) is 0 Å². The predicted molar refractivity (Wildman–Crippen MR) is 117 cm³/mol. The van der Waals surface area contributed by atoms with Gasteiger partial charge in [0.1, 0.15) is 30.2 Å². The molecule has 0 N–H and O–H groups in total. The minimum Gasteiger partial charge on any atom is -0.486 e. The summed E-state index contributed by atoms with van der Waals surface area (Å²) in [4.78, 5) is 11.5. The molecule has 32 heavy (non-hydrogen) atoms. The molecule has 0 fully saturated rings. The number of thioether (sulfide) groups is 1. The number of aromatic nitrogens is 5. The van der Waals surface area contributed by atoms with E-state index in [0.29, 0.717) is 33.3 Å². The number of ether oxygens (including phenoxy) is 2. The minimum atomic E-state index is -0.488. The predicted octanol–water partition coefficient (Wildman–Crippen LogP) is 3.72. The van der Waals surface area contributed by atoms with E-state index in [1.165, 1.54) is 29.9 Å². The summed E-state index contributed by atoms with van der Waals surface area (Å²) in [5.74, 6) is 1.83.